The van der Waals surface area contributed by atoms with Crippen molar-refractivity contribution < 1.29 is 0 Å². The summed E-state index contributed by atoms with van der Waals surface area (Å²) in [4.78, 5) is 0. The molecular formula is C17H18BrN. The maximum Gasteiger partial charge on any atom is 0.0520 e. The smallest absolute Gasteiger partial charge is 0.0520 e. The minimum Gasteiger partial charge on any atom is -0.378 e. The first kappa shape index (κ1) is 12.7. The Morgan fingerprint density at radius 2 is 1.95 bits per heavy atom. The molecule has 1 aliphatic rings. The molecule has 0 aliphatic heterocycles. The highest BCUT2D eigenvalue weighted by Crippen LogP contribution is 2.37. The molecule has 1 N–H and O–H groups in total. The van der Waals surface area contributed by atoms with Gasteiger partial charge >= 0.3 is 0 Å². The molecule has 0 heterocycles. The first-order chi connectivity index (χ1) is 9.28. The molecule has 2 heteroatoms. The zero-order valence-electron chi connectivity index (χ0n) is 11.1. The molecular weight excluding hydrogens is 298 g/mol. The number of hydrogen-bond donors (Lipinski definition) is 1. The highest BCUT2D eigenvalue weighted by atomic mass is 79.9. The number of benzene rings is 2. The molecule has 98 valence electrons. The lowest BCUT2D eigenvalue weighted by Crippen LogP contribution is -2.06. The Morgan fingerprint density at radius 3 is 2.68 bits per heavy atom. The summed E-state index contributed by atoms with van der Waals surface area (Å²) in [5.74, 6) is 0. The van der Waals surface area contributed by atoms with Gasteiger partial charge in [-0.05, 0) is 54.2 Å². The summed E-state index contributed by atoms with van der Waals surface area (Å²) in [7, 11) is 0. The van der Waals surface area contributed by atoms with Gasteiger partial charge in [-0.25, -0.2) is 0 Å². The van der Waals surface area contributed by atoms with Crippen molar-refractivity contribution in [2.45, 2.75) is 32.2 Å². The van der Waals surface area contributed by atoms with Gasteiger partial charge in [-0.15, -0.1) is 0 Å². The van der Waals surface area contributed by atoms with Crippen LogP contribution in [0.15, 0.2) is 46.9 Å². The average molecular weight is 316 g/mol. The number of rotatable bonds is 3. The van der Waals surface area contributed by atoms with Crippen molar-refractivity contribution >= 4 is 21.6 Å². The Hall–Kier alpha value is -1.28. The lowest BCUT2D eigenvalue weighted by Gasteiger charge is -2.16. The second-order valence-electron chi connectivity index (χ2n) is 5.09. The van der Waals surface area contributed by atoms with Crippen LogP contribution in [0.2, 0.25) is 0 Å². The van der Waals surface area contributed by atoms with Crippen molar-refractivity contribution in [1.82, 2.24) is 0 Å². The summed E-state index contributed by atoms with van der Waals surface area (Å²) < 4.78 is 1.25. The summed E-state index contributed by atoms with van der Waals surface area (Å²) >= 11 is 3.65. The van der Waals surface area contributed by atoms with Crippen molar-refractivity contribution in [1.29, 1.82) is 0 Å². The van der Waals surface area contributed by atoms with Crippen LogP contribution in [0.4, 0.5) is 5.69 Å². The highest BCUT2D eigenvalue weighted by Gasteiger charge is 2.23. The molecule has 0 saturated carbocycles. The fourth-order valence-electron chi connectivity index (χ4n) is 2.80. The maximum atomic E-state index is 3.65. The van der Waals surface area contributed by atoms with E-state index < -0.39 is 0 Å². The largest absolute Gasteiger partial charge is 0.378 e. The fourth-order valence-corrected chi connectivity index (χ4v) is 3.38. The molecule has 2 aromatic rings. The third kappa shape index (κ3) is 2.55. The van der Waals surface area contributed by atoms with Crippen LogP contribution in [-0.2, 0) is 12.8 Å². The van der Waals surface area contributed by atoms with Crippen LogP contribution in [0, 0.1) is 0 Å². The van der Waals surface area contributed by atoms with Crippen LogP contribution in [0.1, 0.15) is 36.1 Å². The fraction of sp³-hybridized carbons (Fsp3) is 0.294. The number of aryl methyl sites for hydroxylation is 1. The van der Waals surface area contributed by atoms with Crippen LogP contribution < -0.4 is 5.32 Å². The summed E-state index contributed by atoms with van der Waals surface area (Å²) in [5, 5.41) is 3.65. The molecule has 1 unspecified atom stereocenters. The molecule has 19 heavy (non-hydrogen) atoms. The van der Waals surface area contributed by atoms with E-state index in [1.807, 2.05) is 0 Å². The van der Waals surface area contributed by atoms with E-state index in [0.29, 0.717) is 6.04 Å². The van der Waals surface area contributed by atoms with Gasteiger partial charge in [0.25, 0.3) is 0 Å². The zero-order chi connectivity index (χ0) is 13.2. The highest BCUT2D eigenvalue weighted by molar-refractivity contribution is 9.10. The number of fused-ring (bicyclic) bond motifs is 1. The lowest BCUT2D eigenvalue weighted by molar-refractivity contribution is 0.762. The van der Waals surface area contributed by atoms with Crippen LogP contribution in [0.3, 0.4) is 0 Å². The van der Waals surface area contributed by atoms with Gasteiger partial charge in [0.2, 0.25) is 0 Å². The van der Waals surface area contributed by atoms with E-state index in [2.05, 4.69) is 70.6 Å². The summed E-state index contributed by atoms with van der Waals surface area (Å²) in [6.07, 6.45) is 3.43. The van der Waals surface area contributed by atoms with E-state index in [1.165, 1.54) is 33.3 Å². The minimum atomic E-state index is 0.444. The van der Waals surface area contributed by atoms with Gasteiger partial charge in [-0.2, -0.15) is 0 Å². The number of hydrogen-bond acceptors (Lipinski definition) is 1. The minimum absolute atomic E-state index is 0.444. The number of halogens is 1. The molecule has 0 radical (unpaired) electrons. The van der Waals surface area contributed by atoms with Crippen molar-refractivity contribution in [3.05, 3.63) is 63.6 Å². The number of anilines is 1. The van der Waals surface area contributed by atoms with E-state index in [-0.39, 0.29) is 0 Å². The zero-order valence-corrected chi connectivity index (χ0v) is 12.7. The molecule has 2 aromatic carbocycles. The molecule has 1 atom stereocenters. The van der Waals surface area contributed by atoms with Crippen LogP contribution in [0.25, 0.3) is 0 Å². The van der Waals surface area contributed by atoms with Gasteiger partial charge in [-0.1, -0.05) is 47.1 Å². The number of nitrogens with one attached hydrogen (secondary N) is 1. The van der Waals surface area contributed by atoms with Crippen LogP contribution >= 0.6 is 15.9 Å². The normalized spacial score (nSPS) is 17.3. The molecule has 3 rings (SSSR count). The quantitative estimate of drug-likeness (QED) is 0.829. The topological polar surface area (TPSA) is 12.0 Å². The second-order valence-corrected chi connectivity index (χ2v) is 5.95. The van der Waals surface area contributed by atoms with Gasteiger partial charge in [0.05, 0.1) is 6.04 Å². The van der Waals surface area contributed by atoms with E-state index in [9.17, 15) is 0 Å². The summed E-state index contributed by atoms with van der Waals surface area (Å²) in [6.45, 7) is 2.19. The van der Waals surface area contributed by atoms with E-state index in [4.69, 9.17) is 0 Å². The Labute approximate surface area is 123 Å². The molecule has 0 fully saturated rings. The average Bonchev–Trinajstić information content (AvgIpc) is 2.84. The first-order valence-corrected chi connectivity index (χ1v) is 7.70. The van der Waals surface area contributed by atoms with Gasteiger partial charge in [0.15, 0.2) is 0 Å². The van der Waals surface area contributed by atoms with Crippen LogP contribution in [-0.4, -0.2) is 0 Å². The Balaban J connectivity index is 1.80. The van der Waals surface area contributed by atoms with Gasteiger partial charge < -0.3 is 5.32 Å². The van der Waals surface area contributed by atoms with Crippen molar-refractivity contribution in [3.8, 4) is 0 Å². The van der Waals surface area contributed by atoms with Crippen molar-refractivity contribution in [2.24, 2.45) is 0 Å². The monoisotopic (exact) mass is 315 g/mol. The Kier molecular flexibility index (Phi) is 3.61. The molecule has 0 bridgehead atoms. The molecule has 1 aliphatic carbocycles. The molecule has 0 aromatic heterocycles. The Bertz CT molecular complexity index is 574. The van der Waals surface area contributed by atoms with Crippen molar-refractivity contribution in [3.63, 3.8) is 0 Å². The summed E-state index contributed by atoms with van der Waals surface area (Å²) in [5.41, 5.74) is 5.51. The van der Waals surface area contributed by atoms with Gasteiger partial charge in [0.1, 0.15) is 0 Å². The molecule has 1 nitrogen and oxygen atoms in total. The first-order valence-electron chi connectivity index (χ1n) is 6.90. The lowest BCUT2D eigenvalue weighted by atomic mass is 10.1. The van der Waals surface area contributed by atoms with E-state index in [0.717, 1.165) is 12.8 Å². The summed E-state index contributed by atoms with van der Waals surface area (Å²) in [6, 6.07) is 15.7. The third-order valence-corrected chi connectivity index (χ3v) is 4.66. The Morgan fingerprint density at radius 1 is 1.16 bits per heavy atom. The van der Waals surface area contributed by atoms with E-state index >= 15 is 0 Å². The standard InChI is InChI=1S/C17H18BrN/c1-2-12-6-8-13(9-7-12)19-17-11-10-14-15(17)4-3-5-16(14)18/h3-9,17,19H,2,10-11H2,1H3. The molecule has 0 amide bonds. The van der Waals surface area contributed by atoms with E-state index in [1.54, 1.807) is 0 Å². The van der Waals surface area contributed by atoms with Gasteiger partial charge in [0, 0.05) is 10.2 Å². The predicted molar refractivity (Wildman–Crippen MR) is 84.6 cm³/mol. The molecule has 0 spiro atoms. The maximum absolute atomic E-state index is 3.65. The predicted octanol–water partition coefficient (Wildman–Crippen LogP) is 5.11. The third-order valence-electron chi connectivity index (χ3n) is 3.92. The van der Waals surface area contributed by atoms with Gasteiger partial charge in [-0.3, -0.25) is 0 Å². The van der Waals surface area contributed by atoms with Crippen LogP contribution in [0.5, 0.6) is 0 Å². The SMILES string of the molecule is CCc1ccc(NC2CCc3c(Br)cccc32)cc1. The van der Waals surface area contributed by atoms with Crippen molar-refractivity contribution in [2.75, 3.05) is 5.32 Å². The second kappa shape index (κ2) is 5.38. The molecule has 0 saturated heterocycles.